The van der Waals surface area contributed by atoms with Gasteiger partial charge in [0.1, 0.15) is 0 Å². The maximum Gasteiger partial charge on any atom is 0.207 e. The van der Waals surface area contributed by atoms with Crippen LogP contribution in [0.1, 0.15) is 19.5 Å². The van der Waals surface area contributed by atoms with Crippen LogP contribution in [0.2, 0.25) is 0 Å². The number of aromatic nitrogens is 2. The van der Waals surface area contributed by atoms with Gasteiger partial charge in [-0.2, -0.15) is 0 Å². The fourth-order valence-electron chi connectivity index (χ4n) is 1.97. The molecule has 0 fully saturated rings. The third-order valence-corrected chi connectivity index (χ3v) is 4.17. The van der Waals surface area contributed by atoms with E-state index in [4.69, 9.17) is 0 Å². The molecule has 114 valence electrons. The SMILES string of the molecule is Cc1cn(-c2ccc(S(C)(=O)=O)cc2)c(NCC(C)C)n1. The number of aryl methyl sites for hydroxylation is 1. The molecule has 0 aliphatic heterocycles. The largest absolute Gasteiger partial charge is 0.355 e. The monoisotopic (exact) mass is 307 g/mol. The molecule has 0 saturated carbocycles. The van der Waals surface area contributed by atoms with Gasteiger partial charge in [0.05, 0.1) is 10.6 Å². The fraction of sp³-hybridized carbons (Fsp3) is 0.400. The molecule has 0 amide bonds. The zero-order valence-corrected chi connectivity index (χ0v) is 13.6. The lowest BCUT2D eigenvalue weighted by Gasteiger charge is -2.11. The summed E-state index contributed by atoms with van der Waals surface area (Å²) in [4.78, 5) is 4.78. The van der Waals surface area contributed by atoms with Crippen molar-refractivity contribution in [2.75, 3.05) is 18.1 Å². The molecular weight excluding hydrogens is 286 g/mol. The van der Waals surface area contributed by atoms with Crippen LogP contribution in [0.5, 0.6) is 0 Å². The minimum Gasteiger partial charge on any atom is -0.355 e. The Kier molecular flexibility index (Phi) is 4.37. The molecule has 1 aromatic carbocycles. The van der Waals surface area contributed by atoms with E-state index in [9.17, 15) is 8.42 Å². The van der Waals surface area contributed by atoms with Crippen LogP contribution in [-0.2, 0) is 9.84 Å². The lowest BCUT2D eigenvalue weighted by molar-refractivity contribution is 0.602. The highest BCUT2D eigenvalue weighted by Gasteiger charge is 2.10. The van der Waals surface area contributed by atoms with Crippen molar-refractivity contribution in [1.82, 2.24) is 9.55 Å². The second-order valence-electron chi connectivity index (χ2n) is 5.62. The van der Waals surface area contributed by atoms with Gasteiger partial charge in [-0.25, -0.2) is 13.4 Å². The van der Waals surface area contributed by atoms with E-state index in [2.05, 4.69) is 24.1 Å². The van der Waals surface area contributed by atoms with E-state index in [0.29, 0.717) is 10.8 Å². The van der Waals surface area contributed by atoms with E-state index in [0.717, 1.165) is 23.9 Å². The molecule has 5 nitrogen and oxygen atoms in total. The number of sulfone groups is 1. The zero-order chi connectivity index (χ0) is 15.6. The summed E-state index contributed by atoms with van der Waals surface area (Å²) < 4.78 is 24.9. The van der Waals surface area contributed by atoms with Crippen LogP contribution in [0.25, 0.3) is 5.69 Å². The highest BCUT2D eigenvalue weighted by molar-refractivity contribution is 7.90. The minimum absolute atomic E-state index is 0.319. The molecule has 0 atom stereocenters. The molecular formula is C15H21N3O2S. The minimum atomic E-state index is -3.17. The Morgan fingerprint density at radius 2 is 1.86 bits per heavy atom. The van der Waals surface area contributed by atoms with Crippen molar-refractivity contribution in [1.29, 1.82) is 0 Å². The molecule has 0 radical (unpaired) electrons. The third kappa shape index (κ3) is 3.85. The Bertz CT molecular complexity index is 716. The maximum atomic E-state index is 11.5. The predicted octanol–water partition coefficient (Wildman–Crippen LogP) is 2.65. The van der Waals surface area contributed by atoms with Crippen LogP contribution in [0.15, 0.2) is 35.4 Å². The van der Waals surface area contributed by atoms with Crippen molar-refractivity contribution in [2.24, 2.45) is 5.92 Å². The van der Waals surface area contributed by atoms with Crippen molar-refractivity contribution in [3.63, 3.8) is 0 Å². The van der Waals surface area contributed by atoms with E-state index in [1.165, 1.54) is 6.26 Å². The van der Waals surface area contributed by atoms with Crippen LogP contribution in [0, 0.1) is 12.8 Å². The van der Waals surface area contributed by atoms with Gasteiger partial charge in [0.25, 0.3) is 0 Å². The van der Waals surface area contributed by atoms with E-state index in [1.54, 1.807) is 24.3 Å². The first-order chi connectivity index (χ1) is 9.77. The van der Waals surface area contributed by atoms with Crippen molar-refractivity contribution in [2.45, 2.75) is 25.7 Å². The van der Waals surface area contributed by atoms with Gasteiger partial charge >= 0.3 is 0 Å². The summed E-state index contributed by atoms with van der Waals surface area (Å²) in [5.41, 5.74) is 1.79. The Balaban J connectivity index is 2.33. The lowest BCUT2D eigenvalue weighted by Crippen LogP contribution is -2.12. The van der Waals surface area contributed by atoms with E-state index < -0.39 is 9.84 Å². The van der Waals surface area contributed by atoms with E-state index >= 15 is 0 Å². The van der Waals surface area contributed by atoms with E-state index in [1.807, 2.05) is 17.7 Å². The third-order valence-electron chi connectivity index (χ3n) is 3.04. The van der Waals surface area contributed by atoms with Gasteiger partial charge in [0.2, 0.25) is 5.95 Å². The fourth-order valence-corrected chi connectivity index (χ4v) is 2.60. The average Bonchev–Trinajstić information content (AvgIpc) is 2.77. The number of benzene rings is 1. The molecule has 1 aromatic heterocycles. The van der Waals surface area contributed by atoms with Crippen LogP contribution in [-0.4, -0.2) is 30.8 Å². The number of nitrogens with zero attached hydrogens (tertiary/aromatic N) is 2. The molecule has 0 saturated heterocycles. The molecule has 1 heterocycles. The van der Waals surface area contributed by atoms with Crippen LogP contribution in [0.4, 0.5) is 5.95 Å². The Labute approximate surface area is 125 Å². The zero-order valence-electron chi connectivity index (χ0n) is 12.8. The van der Waals surface area contributed by atoms with Gasteiger partial charge in [0, 0.05) is 24.7 Å². The van der Waals surface area contributed by atoms with E-state index in [-0.39, 0.29) is 0 Å². The molecule has 6 heteroatoms. The molecule has 2 aromatic rings. The van der Waals surface area contributed by atoms with Crippen molar-refractivity contribution in [3.8, 4) is 5.69 Å². The summed E-state index contributed by atoms with van der Waals surface area (Å²) in [7, 11) is -3.17. The normalized spacial score (nSPS) is 11.9. The van der Waals surface area contributed by atoms with Gasteiger partial charge in [0.15, 0.2) is 9.84 Å². The number of nitrogens with one attached hydrogen (secondary N) is 1. The second kappa shape index (κ2) is 5.89. The molecule has 0 aliphatic rings. The standard InChI is InChI=1S/C15H21N3O2S/c1-11(2)9-16-15-17-12(3)10-18(15)13-5-7-14(8-6-13)21(4,19)20/h5-8,10-11H,9H2,1-4H3,(H,16,17). The van der Waals surface area contributed by atoms with Crippen molar-refractivity contribution >= 4 is 15.8 Å². The smallest absolute Gasteiger partial charge is 0.207 e. The van der Waals surface area contributed by atoms with Gasteiger partial charge in [-0.15, -0.1) is 0 Å². The summed E-state index contributed by atoms with van der Waals surface area (Å²) in [6, 6.07) is 6.81. The van der Waals surface area contributed by atoms with Crippen molar-refractivity contribution < 1.29 is 8.42 Å². The topological polar surface area (TPSA) is 64.0 Å². The number of hydrogen-bond acceptors (Lipinski definition) is 4. The maximum absolute atomic E-state index is 11.5. The molecule has 0 aliphatic carbocycles. The van der Waals surface area contributed by atoms with Crippen molar-refractivity contribution in [3.05, 3.63) is 36.2 Å². The highest BCUT2D eigenvalue weighted by atomic mass is 32.2. The van der Waals surface area contributed by atoms with Gasteiger partial charge in [-0.1, -0.05) is 13.8 Å². The number of rotatable bonds is 5. The predicted molar refractivity (Wildman–Crippen MR) is 84.7 cm³/mol. The van der Waals surface area contributed by atoms with Crippen LogP contribution < -0.4 is 5.32 Å². The van der Waals surface area contributed by atoms with Gasteiger partial charge < -0.3 is 5.32 Å². The number of imidazole rings is 1. The van der Waals surface area contributed by atoms with Crippen LogP contribution in [0.3, 0.4) is 0 Å². The lowest BCUT2D eigenvalue weighted by atomic mass is 10.2. The molecule has 2 rings (SSSR count). The molecule has 21 heavy (non-hydrogen) atoms. The Hall–Kier alpha value is -1.82. The summed E-state index contributed by atoms with van der Waals surface area (Å²) >= 11 is 0. The average molecular weight is 307 g/mol. The molecule has 1 N–H and O–H groups in total. The first kappa shape index (κ1) is 15.6. The quantitative estimate of drug-likeness (QED) is 0.922. The molecule has 0 unspecified atom stereocenters. The summed E-state index contributed by atoms with van der Waals surface area (Å²) in [6.45, 7) is 7.03. The van der Waals surface area contributed by atoms with Gasteiger partial charge in [-0.05, 0) is 37.1 Å². The summed E-state index contributed by atoms with van der Waals surface area (Å²) in [6.07, 6.45) is 3.14. The van der Waals surface area contributed by atoms with Crippen LogP contribution >= 0.6 is 0 Å². The molecule has 0 spiro atoms. The first-order valence-electron chi connectivity index (χ1n) is 6.87. The summed E-state index contributed by atoms with van der Waals surface area (Å²) in [5, 5.41) is 3.31. The Morgan fingerprint density at radius 1 is 1.24 bits per heavy atom. The number of anilines is 1. The number of hydrogen-bond donors (Lipinski definition) is 1. The Morgan fingerprint density at radius 3 is 2.38 bits per heavy atom. The second-order valence-corrected chi connectivity index (χ2v) is 7.63. The van der Waals surface area contributed by atoms with Gasteiger partial charge in [-0.3, -0.25) is 4.57 Å². The summed E-state index contributed by atoms with van der Waals surface area (Å²) in [5.74, 6) is 1.29. The first-order valence-corrected chi connectivity index (χ1v) is 8.77. The molecule has 0 bridgehead atoms. The highest BCUT2D eigenvalue weighted by Crippen LogP contribution is 2.19.